The number of allylic oxidation sites excluding steroid dienone is 1. The first-order valence-corrected chi connectivity index (χ1v) is 8.40. The second kappa shape index (κ2) is 7.82. The largest absolute Gasteiger partial charge is 0.462 e. The van der Waals surface area contributed by atoms with Crippen LogP contribution in [0.2, 0.25) is 0 Å². The number of amides is 1. The number of nitrogens with zero attached hydrogens (tertiary/aromatic N) is 1. The molecule has 7 heteroatoms. The maximum atomic E-state index is 13.9. The van der Waals surface area contributed by atoms with Gasteiger partial charge in [0.1, 0.15) is 17.2 Å². The summed E-state index contributed by atoms with van der Waals surface area (Å²) in [7, 11) is 0. The highest BCUT2D eigenvalue weighted by Crippen LogP contribution is 2.30. The Bertz CT molecular complexity index is 966. The summed E-state index contributed by atoms with van der Waals surface area (Å²) in [5.41, 5.74) is 1.60. The van der Waals surface area contributed by atoms with E-state index in [1.807, 2.05) is 6.07 Å². The van der Waals surface area contributed by atoms with Crippen LogP contribution in [0.1, 0.15) is 24.2 Å². The Morgan fingerprint density at radius 2 is 1.85 bits per heavy atom. The zero-order chi connectivity index (χ0) is 19.4. The van der Waals surface area contributed by atoms with Crippen LogP contribution in [-0.2, 0) is 9.53 Å². The molecule has 0 spiro atoms. The second-order valence-electron chi connectivity index (χ2n) is 5.76. The SMILES string of the molecule is CCOC(=O)C1=C(C)Nc2ccccc2N=C1NC(=O)c1ccccc1F. The van der Waals surface area contributed by atoms with Crippen molar-refractivity contribution in [2.75, 3.05) is 11.9 Å². The third-order valence-electron chi connectivity index (χ3n) is 3.90. The number of fused-ring (bicyclic) bond motifs is 1. The summed E-state index contributed by atoms with van der Waals surface area (Å²) in [6.45, 7) is 3.53. The minimum Gasteiger partial charge on any atom is -0.462 e. The normalized spacial score (nSPS) is 13.1. The highest BCUT2D eigenvalue weighted by Gasteiger charge is 2.26. The van der Waals surface area contributed by atoms with Gasteiger partial charge < -0.3 is 15.4 Å². The summed E-state index contributed by atoms with van der Waals surface area (Å²) in [4.78, 5) is 29.5. The molecule has 6 nitrogen and oxygen atoms in total. The van der Waals surface area contributed by atoms with E-state index in [2.05, 4.69) is 15.6 Å². The van der Waals surface area contributed by atoms with Crippen LogP contribution in [0.5, 0.6) is 0 Å². The summed E-state index contributed by atoms with van der Waals surface area (Å²) in [5.74, 6) is -2.01. The average Bonchev–Trinajstić information content (AvgIpc) is 2.77. The van der Waals surface area contributed by atoms with Gasteiger partial charge in [-0.15, -0.1) is 0 Å². The molecule has 2 aromatic carbocycles. The lowest BCUT2D eigenvalue weighted by molar-refractivity contribution is -0.137. The van der Waals surface area contributed by atoms with Crippen LogP contribution >= 0.6 is 0 Å². The average molecular weight is 367 g/mol. The van der Waals surface area contributed by atoms with Gasteiger partial charge in [0, 0.05) is 5.70 Å². The molecule has 1 amide bonds. The van der Waals surface area contributed by atoms with Crippen LogP contribution in [-0.4, -0.2) is 24.3 Å². The van der Waals surface area contributed by atoms with Crippen molar-refractivity contribution in [3.63, 3.8) is 0 Å². The van der Waals surface area contributed by atoms with E-state index in [0.717, 1.165) is 0 Å². The van der Waals surface area contributed by atoms with E-state index in [9.17, 15) is 14.0 Å². The standard InChI is InChI=1S/C20H18FN3O3/c1-3-27-20(26)17-12(2)22-15-10-6-7-11-16(15)23-18(17)24-19(25)13-8-4-5-9-14(13)21/h4-11,22H,3H2,1-2H3,(H,23,24,25). The van der Waals surface area contributed by atoms with Gasteiger partial charge in [0.2, 0.25) is 0 Å². The maximum absolute atomic E-state index is 13.9. The topological polar surface area (TPSA) is 79.8 Å². The summed E-state index contributed by atoms with van der Waals surface area (Å²) >= 11 is 0. The lowest BCUT2D eigenvalue weighted by atomic mass is 10.1. The Labute approximate surface area is 155 Å². The summed E-state index contributed by atoms with van der Waals surface area (Å²) in [6, 6.07) is 12.7. The molecule has 0 saturated carbocycles. The molecule has 2 N–H and O–H groups in total. The molecule has 0 bridgehead atoms. The Hall–Kier alpha value is -3.48. The molecule has 0 fully saturated rings. The van der Waals surface area contributed by atoms with Crippen LogP contribution in [0, 0.1) is 5.82 Å². The van der Waals surface area contributed by atoms with Crippen LogP contribution < -0.4 is 10.6 Å². The number of anilines is 1. The molecule has 138 valence electrons. The number of para-hydroxylation sites is 2. The second-order valence-corrected chi connectivity index (χ2v) is 5.76. The number of carbonyl (C=O) groups is 2. The highest BCUT2D eigenvalue weighted by molar-refractivity contribution is 6.25. The molecule has 0 atom stereocenters. The van der Waals surface area contributed by atoms with E-state index in [0.29, 0.717) is 17.1 Å². The molecule has 1 aliphatic heterocycles. The van der Waals surface area contributed by atoms with Crippen molar-refractivity contribution in [1.82, 2.24) is 5.32 Å². The van der Waals surface area contributed by atoms with Crippen molar-refractivity contribution in [3.8, 4) is 0 Å². The van der Waals surface area contributed by atoms with Gasteiger partial charge in [0.15, 0.2) is 0 Å². The number of ether oxygens (including phenoxy) is 1. The number of rotatable bonds is 3. The number of amidine groups is 1. The first-order valence-electron chi connectivity index (χ1n) is 8.40. The zero-order valence-electron chi connectivity index (χ0n) is 14.9. The molecule has 2 aromatic rings. The van der Waals surface area contributed by atoms with Gasteiger partial charge in [0.05, 0.1) is 23.5 Å². The van der Waals surface area contributed by atoms with Crippen LogP contribution in [0.15, 0.2) is 64.8 Å². The number of halogens is 1. The van der Waals surface area contributed by atoms with Gasteiger partial charge >= 0.3 is 5.97 Å². The predicted octanol–water partition coefficient (Wildman–Crippen LogP) is 3.55. The quantitative estimate of drug-likeness (QED) is 0.813. The van der Waals surface area contributed by atoms with Crippen LogP contribution in [0.4, 0.5) is 15.8 Å². The molecular formula is C20H18FN3O3. The number of esters is 1. The molecule has 27 heavy (non-hydrogen) atoms. The van der Waals surface area contributed by atoms with Crippen molar-refractivity contribution in [2.45, 2.75) is 13.8 Å². The molecule has 3 rings (SSSR count). The van der Waals surface area contributed by atoms with Crippen molar-refractivity contribution in [2.24, 2.45) is 4.99 Å². The third-order valence-corrected chi connectivity index (χ3v) is 3.90. The molecule has 0 aliphatic carbocycles. The van der Waals surface area contributed by atoms with Crippen LogP contribution in [0.25, 0.3) is 0 Å². The third kappa shape index (κ3) is 3.87. The van der Waals surface area contributed by atoms with E-state index >= 15 is 0 Å². The Balaban J connectivity index is 2.05. The molecule has 0 radical (unpaired) electrons. The van der Waals surface area contributed by atoms with Crippen molar-refractivity contribution in [3.05, 3.63) is 71.2 Å². The minimum absolute atomic E-state index is 0.00310. The number of carbonyl (C=O) groups excluding carboxylic acids is 2. The van der Waals surface area contributed by atoms with Gasteiger partial charge in [-0.3, -0.25) is 4.79 Å². The van der Waals surface area contributed by atoms with E-state index < -0.39 is 17.7 Å². The summed E-state index contributed by atoms with van der Waals surface area (Å²) < 4.78 is 19.1. The van der Waals surface area contributed by atoms with Crippen LogP contribution in [0.3, 0.4) is 0 Å². The predicted molar refractivity (Wildman–Crippen MR) is 100 cm³/mol. The van der Waals surface area contributed by atoms with Gasteiger partial charge in [-0.2, -0.15) is 0 Å². The van der Waals surface area contributed by atoms with E-state index in [1.54, 1.807) is 38.1 Å². The fraction of sp³-hybridized carbons (Fsp3) is 0.150. The minimum atomic E-state index is -0.708. The fourth-order valence-corrected chi connectivity index (χ4v) is 2.66. The molecule has 0 saturated heterocycles. The van der Waals surface area contributed by atoms with Crippen molar-refractivity contribution in [1.29, 1.82) is 0 Å². The summed E-state index contributed by atoms with van der Waals surface area (Å²) in [6.07, 6.45) is 0. The van der Waals surface area contributed by atoms with E-state index in [4.69, 9.17) is 4.74 Å². The summed E-state index contributed by atoms with van der Waals surface area (Å²) in [5, 5.41) is 5.65. The molecule has 1 aliphatic rings. The number of nitrogens with one attached hydrogen (secondary N) is 2. The first kappa shape index (κ1) is 18.3. The first-order chi connectivity index (χ1) is 13.0. The van der Waals surface area contributed by atoms with E-state index in [1.165, 1.54) is 18.2 Å². The van der Waals surface area contributed by atoms with Gasteiger partial charge in [-0.05, 0) is 38.1 Å². The molecule has 0 aromatic heterocycles. The maximum Gasteiger partial charge on any atom is 0.343 e. The number of aliphatic imine (C=N–C) groups is 1. The number of hydrogen-bond donors (Lipinski definition) is 2. The Kier molecular flexibility index (Phi) is 5.30. The number of benzene rings is 2. The van der Waals surface area contributed by atoms with E-state index in [-0.39, 0.29) is 23.6 Å². The van der Waals surface area contributed by atoms with Gasteiger partial charge in [-0.1, -0.05) is 24.3 Å². The monoisotopic (exact) mass is 367 g/mol. The zero-order valence-corrected chi connectivity index (χ0v) is 14.9. The lowest BCUT2D eigenvalue weighted by Gasteiger charge is -2.13. The molecule has 1 heterocycles. The van der Waals surface area contributed by atoms with Gasteiger partial charge in [0.25, 0.3) is 5.91 Å². The van der Waals surface area contributed by atoms with Gasteiger partial charge in [-0.25, -0.2) is 14.2 Å². The number of hydrogen-bond acceptors (Lipinski definition) is 5. The molecular weight excluding hydrogens is 349 g/mol. The molecule has 0 unspecified atom stereocenters. The lowest BCUT2D eigenvalue weighted by Crippen LogP contribution is -2.35. The smallest absolute Gasteiger partial charge is 0.343 e. The Morgan fingerprint density at radius 3 is 2.59 bits per heavy atom. The highest BCUT2D eigenvalue weighted by atomic mass is 19.1. The fourth-order valence-electron chi connectivity index (χ4n) is 2.66. The van der Waals surface area contributed by atoms with Crippen molar-refractivity contribution < 1.29 is 18.7 Å². The van der Waals surface area contributed by atoms with Crippen molar-refractivity contribution >= 4 is 29.1 Å². The Morgan fingerprint density at radius 1 is 1.15 bits per heavy atom.